The molecule has 1 fully saturated rings. The number of nitrogens with one attached hydrogen (secondary N) is 2. The molecular weight excluding hydrogens is 455 g/mol. The monoisotopic (exact) mass is 476 g/mol. The fourth-order valence-electron chi connectivity index (χ4n) is 2.71. The predicted molar refractivity (Wildman–Crippen MR) is 110 cm³/mol. The number of halogens is 2. The summed E-state index contributed by atoms with van der Waals surface area (Å²) in [5.41, 5.74) is 0. The molecule has 1 saturated heterocycles. The van der Waals surface area contributed by atoms with Crippen molar-refractivity contribution in [3.63, 3.8) is 0 Å². The van der Waals surface area contributed by atoms with Gasteiger partial charge >= 0.3 is 0 Å². The number of anilines is 1. The SMILES string of the molecule is CN=C(NCc1ncnn1C)NC1CCN(c2ncccc2Cl)C1.I. The molecule has 8 nitrogen and oxygen atoms in total. The number of pyridine rings is 1. The van der Waals surface area contributed by atoms with Crippen LogP contribution in [-0.2, 0) is 13.6 Å². The lowest BCUT2D eigenvalue weighted by Crippen LogP contribution is -2.44. The standard InChI is InChI=1S/C15H21ClN8.HI/c1-17-15(19-8-13-20-10-21-23(13)2)22-11-5-7-24(9-11)14-12(16)4-3-6-18-14;/h3-4,6,10-11H,5,7-9H2,1-2H3,(H2,17,19,22);1H. The third-order valence-electron chi connectivity index (χ3n) is 4.01. The molecule has 0 radical (unpaired) electrons. The summed E-state index contributed by atoms with van der Waals surface area (Å²) in [6, 6.07) is 4.00. The molecule has 3 heterocycles. The van der Waals surface area contributed by atoms with E-state index >= 15 is 0 Å². The van der Waals surface area contributed by atoms with Gasteiger partial charge in [-0.05, 0) is 18.6 Å². The molecule has 2 N–H and O–H groups in total. The molecule has 0 saturated carbocycles. The number of nitrogens with zero attached hydrogens (tertiary/aromatic N) is 6. The highest BCUT2D eigenvalue weighted by Crippen LogP contribution is 2.25. The Hall–Kier alpha value is -1.62. The van der Waals surface area contributed by atoms with Gasteiger partial charge in [-0.25, -0.2) is 9.97 Å². The van der Waals surface area contributed by atoms with Gasteiger partial charge in [0.1, 0.15) is 18.0 Å². The van der Waals surface area contributed by atoms with Gasteiger partial charge in [0.05, 0.1) is 11.6 Å². The van der Waals surface area contributed by atoms with Gasteiger partial charge in [0.25, 0.3) is 0 Å². The third-order valence-corrected chi connectivity index (χ3v) is 4.31. The second-order valence-corrected chi connectivity index (χ2v) is 6.02. The minimum Gasteiger partial charge on any atom is -0.353 e. The Balaban J connectivity index is 0.00000225. The predicted octanol–water partition coefficient (Wildman–Crippen LogP) is 1.43. The minimum absolute atomic E-state index is 0. The highest BCUT2D eigenvalue weighted by atomic mass is 127. The lowest BCUT2D eigenvalue weighted by Gasteiger charge is -2.20. The van der Waals surface area contributed by atoms with Gasteiger partial charge in [0.15, 0.2) is 5.96 Å². The highest BCUT2D eigenvalue weighted by molar-refractivity contribution is 14.0. The van der Waals surface area contributed by atoms with Gasteiger partial charge in [-0.1, -0.05) is 11.6 Å². The maximum Gasteiger partial charge on any atom is 0.191 e. The molecular formula is C15H22ClIN8. The van der Waals surface area contributed by atoms with Crippen LogP contribution in [0.1, 0.15) is 12.2 Å². The molecule has 0 aromatic carbocycles. The number of aryl methyl sites for hydroxylation is 1. The Morgan fingerprint density at radius 3 is 2.96 bits per heavy atom. The Morgan fingerprint density at radius 1 is 1.44 bits per heavy atom. The topological polar surface area (TPSA) is 83.3 Å². The fourth-order valence-corrected chi connectivity index (χ4v) is 2.95. The average Bonchev–Trinajstić information content (AvgIpc) is 3.21. The molecule has 136 valence electrons. The quantitative estimate of drug-likeness (QED) is 0.395. The Kier molecular flexibility index (Phi) is 7.24. The molecule has 1 aliphatic rings. The smallest absolute Gasteiger partial charge is 0.191 e. The van der Waals surface area contributed by atoms with E-state index in [0.717, 1.165) is 37.1 Å². The van der Waals surface area contributed by atoms with Gasteiger partial charge in [0, 0.05) is 39.4 Å². The van der Waals surface area contributed by atoms with Crippen molar-refractivity contribution < 1.29 is 0 Å². The van der Waals surface area contributed by atoms with Crippen LogP contribution < -0.4 is 15.5 Å². The highest BCUT2D eigenvalue weighted by Gasteiger charge is 2.25. The molecule has 2 aromatic heterocycles. The summed E-state index contributed by atoms with van der Waals surface area (Å²) < 4.78 is 1.74. The van der Waals surface area contributed by atoms with Crippen molar-refractivity contribution in [3.05, 3.63) is 35.5 Å². The van der Waals surface area contributed by atoms with Crippen molar-refractivity contribution in [2.75, 3.05) is 25.0 Å². The lowest BCUT2D eigenvalue weighted by molar-refractivity contribution is 0.632. The number of rotatable bonds is 4. The summed E-state index contributed by atoms with van der Waals surface area (Å²) in [6.07, 6.45) is 4.31. The van der Waals surface area contributed by atoms with E-state index in [1.165, 1.54) is 0 Å². The number of hydrogen-bond donors (Lipinski definition) is 2. The zero-order valence-electron chi connectivity index (χ0n) is 14.2. The van der Waals surface area contributed by atoms with Crippen molar-refractivity contribution in [3.8, 4) is 0 Å². The van der Waals surface area contributed by atoms with Crippen molar-refractivity contribution in [1.29, 1.82) is 0 Å². The van der Waals surface area contributed by atoms with E-state index in [4.69, 9.17) is 11.6 Å². The van der Waals surface area contributed by atoms with Crippen LogP contribution in [0.5, 0.6) is 0 Å². The number of guanidine groups is 1. The fraction of sp³-hybridized carbons (Fsp3) is 0.467. The van der Waals surface area contributed by atoms with E-state index in [0.29, 0.717) is 11.6 Å². The van der Waals surface area contributed by atoms with E-state index in [1.807, 2.05) is 19.2 Å². The van der Waals surface area contributed by atoms with E-state index < -0.39 is 0 Å². The first-order valence-electron chi connectivity index (χ1n) is 7.83. The van der Waals surface area contributed by atoms with Crippen molar-refractivity contribution >= 4 is 47.4 Å². The Morgan fingerprint density at radius 2 is 2.28 bits per heavy atom. The lowest BCUT2D eigenvalue weighted by atomic mass is 10.3. The van der Waals surface area contributed by atoms with Gasteiger partial charge < -0.3 is 15.5 Å². The summed E-state index contributed by atoms with van der Waals surface area (Å²) in [6.45, 7) is 2.31. The van der Waals surface area contributed by atoms with Crippen LogP contribution in [0.4, 0.5) is 5.82 Å². The summed E-state index contributed by atoms with van der Waals surface area (Å²) in [7, 11) is 3.62. The molecule has 1 atom stereocenters. The summed E-state index contributed by atoms with van der Waals surface area (Å²) in [5, 5.41) is 11.4. The van der Waals surface area contributed by atoms with Gasteiger partial charge in [0.2, 0.25) is 0 Å². The van der Waals surface area contributed by atoms with Gasteiger partial charge in [-0.15, -0.1) is 24.0 Å². The number of aromatic nitrogens is 4. The molecule has 3 rings (SSSR count). The normalized spacial score (nSPS) is 17.3. The van der Waals surface area contributed by atoms with Gasteiger partial charge in [-0.2, -0.15) is 5.10 Å². The second kappa shape index (κ2) is 9.18. The first-order chi connectivity index (χ1) is 11.7. The van der Waals surface area contributed by atoms with Crippen LogP contribution in [0.25, 0.3) is 0 Å². The van der Waals surface area contributed by atoms with E-state index in [-0.39, 0.29) is 30.0 Å². The summed E-state index contributed by atoms with van der Waals surface area (Å²) >= 11 is 6.23. The molecule has 0 amide bonds. The van der Waals surface area contributed by atoms with Gasteiger partial charge in [-0.3, -0.25) is 9.67 Å². The van der Waals surface area contributed by atoms with Crippen LogP contribution in [0, 0.1) is 0 Å². The molecule has 0 spiro atoms. The molecule has 2 aromatic rings. The first kappa shape index (κ1) is 19.7. The molecule has 10 heteroatoms. The Labute approximate surface area is 169 Å². The van der Waals surface area contributed by atoms with E-state index in [9.17, 15) is 0 Å². The van der Waals surface area contributed by atoms with Crippen LogP contribution in [0.15, 0.2) is 29.6 Å². The van der Waals surface area contributed by atoms with Crippen LogP contribution in [0.3, 0.4) is 0 Å². The molecule has 0 aliphatic carbocycles. The molecule has 1 aliphatic heterocycles. The van der Waals surface area contributed by atoms with Crippen LogP contribution >= 0.6 is 35.6 Å². The maximum atomic E-state index is 6.23. The molecule has 0 bridgehead atoms. The average molecular weight is 477 g/mol. The number of hydrogen-bond acceptors (Lipinski definition) is 5. The zero-order valence-corrected chi connectivity index (χ0v) is 17.3. The first-order valence-corrected chi connectivity index (χ1v) is 8.20. The molecule has 1 unspecified atom stereocenters. The van der Waals surface area contributed by atoms with Crippen LogP contribution in [-0.4, -0.2) is 51.9 Å². The largest absolute Gasteiger partial charge is 0.353 e. The van der Waals surface area contributed by atoms with Crippen molar-refractivity contribution in [2.45, 2.75) is 19.0 Å². The number of aliphatic imine (C=N–C) groups is 1. The van der Waals surface area contributed by atoms with Crippen molar-refractivity contribution in [2.24, 2.45) is 12.0 Å². The Bertz CT molecular complexity index is 719. The minimum atomic E-state index is 0. The van der Waals surface area contributed by atoms with Crippen molar-refractivity contribution in [1.82, 2.24) is 30.4 Å². The van der Waals surface area contributed by atoms with Crippen LogP contribution in [0.2, 0.25) is 5.02 Å². The zero-order chi connectivity index (χ0) is 16.9. The summed E-state index contributed by atoms with van der Waals surface area (Å²) in [5.74, 6) is 2.44. The maximum absolute atomic E-state index is 6.23. The van der Waals surface area contributed by atoms with E-state index in [2.05, 4.69) is 35.6 Å². The van der Waals surface area contributed by atoms with E-state index in [1.54, 1.807) is 24.3 Å². The summed E-state index contributed by atoms with van der Waals surface area (Å²) in [4.78, 5) is 15.0. The third kappa shape index (κ3) is 4.94. The second-order valence-electron chi connectivity index (χ2n) is 5.61. The molecule has 25 heavy (non-hydrogen) atoms.